The molecule has 0 bridgehead atoms. The Labute approximate surface area is 100 Å². The van der Waals surface area contributed by atoms with E-state index in [0.29, 0.717) is 19.1 Å². The highest BCUT2D eigenvalue weighted by Gasteiger charge is 2.38. The van der Waals surface area contributed by atoms with E-state index in [-0.39, 0.29) is 18.6 Å². The number of primary amides is 1. The molecule has 2 heterocycles. The summed E-state index contributed by atoms with van der Waals surface area (Å²) >= 11 is 0. The second-order valence-corrected chi connectivity index (χ2v) is 4.72. The van der Waals surface area contributed by atoms with Crippen molar-refractivity contribution in [2.24, 2.45) is 11.7 Å². The smallest absolute Gasteiger partial charge is 0.242 e. The Hall–Kier alpha value is -1.14. The summed E-state index contributed by atoms with van der Waals surface area (Å²) in [7, 11) is 0. The van der Waals surface area contributed by atoms with Crippen LogP contribution in [0.15, 0.2) is 0 Å². The molecule has 0 radical (unpaired) electrons. The Morgan fingerprint density at radius 1 is 1.47 bits per heavy atom. The second-order valence-electron chi connectivity index (χ2n) is 4.72. The number of nitrogens with zero attached hydrogens (tertiary/aromatic N) is 1. The lowest BCUT2D eigenvalue weighted by molar-refractivity contribution is -0.149. The Balaban J connectivity index is 2.08. The van der Waals surface area contributed by atoms with Gasteiger partial charge in [0.25, 0.3) is 0 Å². The lowest BCUT2D eigenvalue weighted by Crippen LogP contribution is -2.59. The van der Waals surface area contributed by atoms with Crippen LogP contribution in [0.2, 0.25) is 0 Å². The van der Waals surface area contributed by atoms with Gasteiger partial charge in [0.2, 0.25) is 11.8 Å². The molecule has 96 valence electrons. The SMILES string of the molecule is CC1CCNC1C(=O)N1CCOCC1C(N)=O. The van der Waals surface area contributed by atoms with E-state index in [2.05, 4.69) is 5.32 Å². The molecule has 2 amide bonds. The highest BCUT2D eigenvalue weighted by molar-refractivity contribution is 5.89. The summed E-state index contributed by atoms with van der Waals surface area (Å²) in [5, 5.41) is 3.18. The number of carbonyl (C=O) groups excluding carboxylic acids is 2. The van der Waals surface area contributed by atoms with E-state index in [1.807, 2.05) is 6.92 Å². The number of morpholine rings is 1. The maximum atomic E-state index is 12.3. The monoisotopic (exact) mass is 241 g/mol. The van der Waals surface area contributed by atoms with Gasteiger partial charge in [0.15, 0.2) is 0 Å². The van der Waals surface area contributed by atoms with Gasteiger partial charge in [-0.2, -0.15) is 0 Å². The van der Waals surface area contributed by atoms with Crippen molar-refractivity contribution in [1.29, 1.82) is 0 Å². The van der Waals surface area contributed by atoms with Crippen LogP contribution in [-0.2, 0) is 14.3 Å². The van der Waals surface area contributed by atoms with Crippen molar-refractivity contribution in [3.63, 3.8) is 0 Å². The normalized spacial score (nSPS) is 33.7. The van der Waals surface area contributed by atoms with Crippen LogP contribution in [0, 0.1) is 5.92 Å². The minimum Gasteiger partial charge on any atom is -0.377 e. The standard InChI is InChI=1S/C11H19N3O3/c1-7-2-3-13-9(7)11(16)14-4-5-17-6-8(14)10(12)15/h7-9,13H,2-6H2,1H3,(H2,12,15). The lowest BCUT2D eigenvalue weighted by atomic mass is 10.0. The van der Waals surface area contributed by atoms with E-state index >= 15 is 0 Å². The number of nitrogens with one attached hydrogen (secondary N) is 1. The minimum absolute atomic E-state index is 0.0258. The van der Waals surface area contributed by atoms with E-state index in [1.165, 1.54) is 0 Å². The molecule has 2 aliphatic rings. The van der Waals surface area contributed by atoms with E-state index < -0.39 is 11.9 Å². The van der Waals surface area contributed by atoms with Gasteiger partial charge < -0.3 is 20.7 Å². The first kappa shape index (κ1) is 12.3. The number of hydrogen-bond donors (Lipinski definition) is 2. The van der Waals surface area contributed by atoms with Crippen LogP contribution < -0.4 is 11.1 Å². The largest absolute Gasteiger partial charge is 0.377 e. The van der Waals surface area contributed by atoms with E-state index in [0.717, 1.165) is 13.0 Å². The molecule has 6 heteroatoms. The zero-order valence-corrected chi connectivity index (χ0v) is 10.0. The summed E-state index contributed by atoms with van der Waals surface area (Å²) in [5.41, 5.74) is 5.30. The Morgan fingerprint density at radius 3 is 2.82 bits per heavy atom. The molecule has 2 aliphatic heterocycles. The van der Waals surface area contributed by atoms with Gasteiger partial charge in [-0.05, 0) is 18.9 Å². The molecule has 6 nitrogen and oxygen atoms in total. The maximum Gasteiger partial charge on any atom is 0.242 e. The molecule has 0 saturated carbocycles. The van der Waals surface area contributed by atoms with E-state index in [9.17, 15) is 9.59 Å². The zero-order valence-electron chi connectivity index (χ0n) is 10.0. The van der Waals surface area contributed by atoms with Gasteiger partial charge in [0.1, 0.15) is 6.04 Å². The molecular weight excluding hydrogens is 222 g/mol. The third kappa shape index (κ3) is 2.42. The number of carbonyl (C=O) groups is 2. The van der Waals surface area contributed by atoms with Crippen molar-refractivity contribution >= 4 is 11.8 Å². The number of rotatable bonds is 2. The van der Waals surface area contributed by atoms with Crippen molar-refractivity contribution in [2.75, 3.05) is 26.3 Å². The van der Waals surface area contributed by atoms with Crippen LogP contribution in [0.5, 0.6) is 0 Å². The number of hydrogen-bond acceptors (Lipinski definition) is 4. The molecule has 3 N–H and O–H groups in total. The van der Waals surface area contributed by atoms with Crippen LogP contribution in [0.1, 0.15) is 13.3 Å². The van der Waals surface area contributed by atoms with Crippen molar-refractivity contribution in [1.82, 2.24) is 10.2 Å². The van der Waals surface area contributed by atoms with Gasteiger partial charge in [-0.1, -0.05) is 6.92 Å². The first-order chi connectivity index (χ1) is 8.11. The van der Waals surface area contributed by atoms with Crippen molar-refractivity contribution in [3.8, 4) is 0 Å². The fraction of sp³-hybridized carbons (Fsp3) is 0.818. The minimum atomic E-state index is -0.620. The number of amides is 2. The highest BCUT2D eigenvalue weighted by Crippen LogP contribution is 2.19. The predicted octanol–water partition coefficient (Wildman–Crippen LogP) is -1.30. The van der Waals surface area contributed by atoms with Gasteiger partial charge in [-0.25, -0.2) is 0 Å². The molecule has 0 aromatic heterocycles. The van der Waals surface area contributed by atoms with Crippen LogP contribution in [-0.4, -0.2) is 55.1 Å². The fourth-order valence-corrected chi connectivity index (χ4v) is 2.45. The molecule has 3 atom stereocenters. The first-order valence-electron chi connectivity index (χ1n) is 6.02. The summed E-state index contributed by atoms with van der Waals surface area (Å²) in [6, 6.07) is -0.805. The maximum absolute atomic E-state index is 12.3. The number of ether oxygens (including phenoxy) is 1. The summed E-state index contributed by atoms with van der Waals surface area (Å²) in [4.78, 5) is 25.2. The number of nitrogens with two attached hydrogens (primary N) is 1. The van der Waals surface area contributed by atoms with Crippen molar-refractivity contribution in [2.45, 2.75) is 25.4 Å². The molecule has 0 aliphatic carbocycles. The van der Waals surface area contributed by atoms with E-state index in [1.54, 1.807) is 4.90 Å². The molecule has 0 spiro atoms. The lowest BCUT2D eigenvalue weighted by Gasteiger charge is -2.35. The van der Waals surface area contributed by atoms with Gasteiger partial charge in [0.05, 0.1) is 19.3 Å². The average molecular weight is 241 g/mol. The Kier molecular flexibility index (Phi) is 3.63. The summed E-state index contributed by atoms with van der Waals surface area (Å²) in [6.45, 7) is 4.02. The van der Waals surface area contributed by atoms with Crippen molar-refractivity contribution < 1.29 is 14.3 Å². The molecule has 2 fully saturated rings. The molecule has 2 rings (SSSR count). The molecule has 17 heavy (non-hydrogen) atoms. The Morgan fingerprint density at radius 2 is 2.24 bits per heavy atom. The zero-order chi connectivity index (χ0) is 12.4. The van der Waals surface area contributed by atoms with Crippen LogP contribution in [0.25, 0.3) is 0 Å². The first-order valence-corrected chi connectivity index (χ1v) is 6.02. The van der Waals surface area contributed by atoms with Crippen LogP contribution in [0.3, 0.4) is 0 Å². The second kappa shape index (κ2) is 5.01. The molecule has 0 aromatic rings. The Bertz CT molecular complexity index is 321. The van der Waals surface area contributed by atoms with Gasteiger partial charge in [0, 0.05) is 6.54 Å². The molecule has 2 saturated heterocycles. The average Bonchev–Trinajstić information content (AvgIpc) is 2.74. The quantitative estimate of drug-likeness (QED) is 0.629. The molecule has 0 aromatic carbocycles. The van der Waals surface area contributed by atoms with Gasteiger partial charge >= 0.3 is 0 Å². The molecular formula is C11H19N3O3. The fourth-order valence-electron chi connectivity index (χ4n) is 2.45. The summed E-state index contributed by atoms with van der Waals surface area (Å²) in [5.74, 6) is -0.218. The van der Waals surface area contributed by atoms with Gasteiger partial charge in [-0.15, -0.1) is 0 Å². The molecule has 3 unspecified atom stereocenters. The van der Waals surface area contributed by atoms with Gasteiger partial charge in [-0.3, -0.25) is 9.59 Å². The third-order valence-electron chi connectivity index (χ3n) is 3.54. The third-order valence-corrected chi connectivity index (χ3v) is 3.54. The van der Waals surface area contributed by atoms with Crippen molar-refractivity contribution in [3.05, 3.63) is 0 Å². The van der Waals surface area contributed by atoms with Crippen LogP contribution >= 0.6 is 0 Å². The summed E-state index contributed by atoms with van der Waals surface area (Å²) < 4.78 is 5.20. The van der Waals surface area contributed by atoms with E-state index in [4.69, 9.17) is 10.5 Å². The predicted molar refractivity (Wildman–Crippen MR) is 61.1 cm³/mol. The van der Waals surface area contributed by atoms with Crippen LogP contribution in [0.4, 0.5) is 0 Å². The summed E-state index contributed by atoms with van der Waals surface area (Å²) in [6.07, 6.45) is 0.988. The topological polar surface area (TPSA) is 84.7 Å². The highest BCUT2D eigenvalue weighted by atomic mass is 16.5.